The summed E-state index contributed by atoms with van der Waals surface area (Å²) < 4.78 is 0. The number of aliphatic hydroxyl groups excluding tert-OH is 1. The average molecular weight is 310 g/mol. The van der Waals surface area contributed by atoms with Crippen molar-refractivity contribution in [2.75, 3.05) is 30.8 Å². The molecule has 2 aliphatic rings. The van der Waals surface area contributed by atoms with E-state index in [4.69, 9.17) is 11.6 Å². The van der Waals surface area contributed by atoms with Crippen molar-refractivity contribution in [3.05, 3.63) is 35.2 Å². The molecular weight excluding hydrogens is 294 g/mol. The first-order chi connectivity index (χ1) is 9.78. The van der Waals surface area contributed by atoms with Crippen LogP contribution in [0.1, 0.15) is 5.56 Å². The van der Waals surface area contributed by atoms with Gasteiger partial charge in [-0.1, -0.05) is 23.9 Å². The molecule has 0 bridgehead atoms. The molecule has 0 aromatic heterocycles. The number of halogens is 1. The fraction of sp³-hybridized carbons (Fsp3) is 0.357. The molecule has 2 N–H and O–H groups in total. The van der Waals surface area contributed by atoms with Crippen LogP contribution in [0.3, 0.4) is 0 Å². The lowest BCUT2D eigenvalue weighted by Gasteiger charge is -2.17. The van der Waals surface area contributed by atoms with Crippen molar-refractivity contribution in [3.8, 4) is 0 Å². The molecule has 2 heterocycles. The molecule has 3 rings (SSSR count). The number of aliphatic imine (C=N–C) groups is 1. The predicted octanol–water partition coefficient (Wildman–Crippen LogP) is 2.42. The van der Waals surface area contributed by atoms with Gasteiger partial charge in [-0.2, -0.15) is 0 Å². The van der Waals surface area contributed by atoms with Crippen LogP contribution in [-0.4, -0.2) is 46.8 Å². The molecule has 6 heteroatoms. The van der Waals surface area contributed by atoms with E-state index in [1.165, 1.54) is 11.3 Å². The van der Waals surface area contributed by atoms with Crippen LogP contribution in [0.15, 0.2) is 34.7 Å². The van der Waals surface area contributed by atoms with E-state index in [1.54, 1.807) is 11.8 Å². The van der Waals surface area contributed by atoms with Crippen LogP contribution in [0.4, 0.5) is 5.69 Å². The van der Waals surface area contributed by atoms with E-state index in [2.05, 4.69) is 32.7 Å². The van der Waals surface area contributed by atoms with Crippen LogP contribution >= 0.6 is 23.4 Å². The van der Waals surface area contributed by atoms with Crippen molar-refractivity contribution >= 4 is 39.9 Å². The van der Waals surface area contributed by atoms with Gasteiger partial charge in [0.1, 0.15) is 0 Å². The number of benzene rings is 1. The lowest BCUT2D eigenvalue weighted by atomic mass is 10.1. The number of thioether (sulfide) groups is 1. The Labute approximate surface area is 127 Å². The lowest BCUT2D eigenvalue weighted by molar-refractivity contribution is 0.211. The maximum atomic E-state index is 9.42. The zero-order chi connectivity index (χ0) is 13.9. The third-order valence-corrected chi connectivity index (χ3v) is 4.53. The topological polar surface area (TPSA) is 47.9 Å². The summed E-state index contributed by atoms with van der Waals surface area (Å²) in [6, 6.07) is 8.21. The van der Waals surface area contributed by atoms with Gasteiger partial charge >= 0.3 is 0 Å². The third kappa shape index (κ3) is 2.80. The number of amidine groups is 1. The Balaban J connectivity index is 1.66. The van der Waals surface area contributed by atoms with Crippen LogP contribution in [-0.2, 0) is 0 Å². The van der Waals surface area contributed by atoms with Crippen LogP contribution in [0, 0.1) is 0 Å². The number of fused-ring (bicyclic) bond motifs is 1. The molecule has 1 aromatic carbocycles. The zero-order valence-corrected chi connectivity index (χ0v) is 12.5. The average Bonchev–Trinajstić information content (AvgIpc) is 3.08. The van der Waals surface area contributed by atoms with Gasteiger partial charge in [-0.15, -0.1) is 11.6 Å². The van der Waals surface area contributed by atoms with E-state index in [-0.39, 0.29) is 5.88 Å². The molecule has 106 valence electrons. The molecule has 0 saturated heterocycles. The highest BCUT2D eigenvalue weighted by molar-refractivity contribution is 8.16. The number of hydrogen-bond acceptors (Lipinski definition) is 5. The lowest BCUT2D eigenvalue weighted by Crippen LogP contribution is -2.21. The van der Waals surface area contributed by atoms with E-state index in [1.807, 2.05) is 12.1 Å². The summed E-state index contributed by atoms with van der Waals surface area (Å²) >= 11 is 7.25. The molecule has 0 amide bonds. The fourth-order valence-corrected chi connectivity index (χ4v) is 3.27. The van der Waals surface area contributed by atoms with Crippen molar-refractivity contribution in [1.29, 1.82) is 0 Å². The van der Waals surface area contributed by atoms with Gasteiger partial charge in [0.05, 0.1) is 24.2 Å². The molecule has 1 aromatic rings. The predicted molar refractivity (Wildman–Crippen MR) is 86.2 cm³/mol. The quantitative estimate of drug-likeness (QED) is 0.820. The fourth-order valence-electron chi connectivity index (χ4n) is 2.20. The van der Waals surface area contributed by atoms with Gasteiger partial charge in [-0.05, 0) is 17.7 Å². The highest BCUT2D eigenvalue weighted by Crippen LogP contribution is 2.35. The van der Waals surface area contributed by atoms with Gasteiger partial charge in [0.25, 0.3) is 0 Å². The number of anilines is 1. The molecule has 2 aliphatic heterocycles. The summed E-state index contributed by atoms with van der Waals surface area (Å²) in [6.07, 6.45) is -0.520. The Morgan fingerprint density at radius 2 is 2.20 bits per heavy atom. The molecule has 0 fully saturated rings. The molecule has 1 atom stereocenters. The molecule has 0 spiro atoms. The third-order valence-electron chi connectivity index (χ3n) is 3.27. The van der Waals surface area contributed by atoms with Gasteiger partial charge < -0.3 is 15.3 Å². The first-order valence-electron chi connectivity index (χ1n) is 6.55. The maximum Gasteiger partial charge on any atom is 0.168 e. The van der Waals surface area contributed by atoms with Crippen LogP contribution < -0.4 is 5.32 Å². The second kappa shape index (κ2) is 6.08. The SMILES string of the molecule is OC(CCl)CNc1ccc(C2=CSC3=NCCN23)cc1. The van der Waals surface area contributed by atoms with Gasteiger partial charge in [0.2, 0.25) is 0 Å². The minimum Gasteiger partial charge on any atom is -0.390 e. The van der Waals surface area contributed by atoms with E-state index in [9.17, 15) is 5.11 Å². The number of hydrogen-bond donors (Lipinski definition) is 2. The summed E-state index contributed by atoms with van der Waals surface area (Å²) in [6.45, 7) is 2.32. The summed E-state index contributed by atoms with van der Waals surface area (Å²) in [5.74, 6) is 0.242. The Morgan fingerprint density at radius 3 is 2.95 bits per heavy atom. The first kappa shape index (κ1) is 13.8. The van der Waals surface area contributed by atoms with E-state index in [0.717, 1.165) is 23.9 Å². The number of rotatable bonds is 5. The van der Waals surface area contributed by atoms with Crippen LogP contribution in [0.5, 0.6) is 0 Å². The van der Waals surface area contributed by atoms with Gasteiger partial charge in [-0.25, -0.2) is 0 Å². The van der Waals surface area contributed by atoms with Crippen molar-refractivity contribution < 1.29 is 5.11 Å². The minimum atomic E-state index is -0.520. The number of alkyl halides is 1. The smallest absolute Gasteiger partial charge is 0.168 e. The first-order valence-corrected chi connectivity index (χ1v) is 7.96. The standard InChI is InChI=1S/C14H16ClN3OS/c15-7-12(19)8-17-11-3-1-10(2-4-11)13-9-20-14-16-5-6-18(13)14/h1-4,9,12,17,19H,5-8H2. The number of aliphatic hydroxyl groups is 1. The highest BCUT2D eigenvalue weighted by atomic mass is 35.5. The second-order valence-corrected chi connectivity index (χ2v) is 5.85. The van der Waals surface area contributed by atoms with Crippen molar-refractivity contribution in [2.45, 2.75) is 6.10 Å². The van der Waals surface area contributed by atoms with Crippen molar-refractivity contribution in [3.63, 3.8) is 0 Å². The van der Waals surface area contributed by atoms with Crippen molar-refractivity contribution in [2.24, 2.45) is 4.99 Å². The van der Waals surface area contributed by atoms with Gasteiger partial charge in [0, 0.05) is 24.2 Å². The van der Waals surface area contributed by atoms with E-state index < -0.39 is 6.10 Å². The van der Waals surface area contributed by atoms with Gasteiger partial charge in [-0.3, -0.25) is 4.99 Å². The summed E-state index contributed by atoms with van der Waals surface area (Å²) in [4.78, 5) is 6.70. The number of nitrogens with one attached hydrogen (secondary N) is 1. The maximum absolute atomic E-state index is 9.42. The van der Waals surface area contributed by atoms with E-state index >= 15 is 0 Å². The van der Waals surface area contributed by atoms with Gasteiger partial charge in [0.15, 0.2) is 5.17 Å². The minimum absolute atomic E-state index is 0.242. The molecule has 0 radical (unpaired) electrons. The zero-order valence-electron chi connectivity index (χ0n) is 10.9. The highest BCUT2D eigenvalue weighted by Gasteiger charge is 2.26. The Kier molecular flexibility index (Phi) is 4.19. The van der Waals surface area contributed by atoms with Crippen LogP contribution in [0.25, 0.3) is 5.70 Å². The van der Waals surface area contributed by atoms with Crippen molar-refractivity contribution in [1.82, 2.24) is 4.90 Å². The summed E-state index contributed by atoms with van der Waals surface area (Å²) in [5.41, 5.74) is 3.39. The molecule has 1 unspecified atom stereocenters. The Hall–Kier alpha value is -1.17. The normalized spacial score (nSPS) is 18.6. The Morgan fingerprint density at radius 1 is 1.40 bits per heavy atom. The number of nitrogens with zero attached hydrogens (tertiary/aromatic N) is 2. The second-order valence-electron chi connectivity index (χ2n) is 4.70. The molecule has 20 heavy (non-hydrogen) atoms. The van der Waals surface area contributed by atoms with Crippen LogP contribution in [0.2, 0.25) is 0 Å². The Bertz CT molecular complexity index is 544. The molecule has 4 nitrogen and oxygen atoms in total. The molecule has 0 aliphatic carbocycles. The summed E-state index contributed by atoms with van der Waals surface area (Å²) in [5, 5.41) is 15.8. The van der Waals surface area contributed by atoms with E-state index in [0.29, 0.717) is 6.54 Å². The molecular formula is C14H16ClN3OS. The monoisotopic (exact) mass is 309 g/mol. The largest absolute Gasteiger partial charge is 0.390 e. The summed E-state index contributed by atoms with van der Waals surface area (Å²) in [7, 11) is 0. The molecule has 0 saturated carbocycles.